The predicted octanol–water partition coefficient (Wildman–Crippen LogP) is 1.91. The van der Waals surface area contributed by atoms with Crippen molar-refractivity contribution in [3.8, 4) is 0 Å². The highest BCUT2D eigenvalue weighted by Gasteiger charge is 2.24. The van der Waals surface area contributed by atoms with Crippen LogP contribution in [0.4, 0.5) is 0 Å². The van der Waals surface area contributed by atoms with E-state index in [1.165, 1.54) is 5.56 Å². The number of hydrogen-bond donors (Lipinski definition) is 1. The van der Waals surface area contributed by atoms with Crippen LogP contribution in [0.2, 0.25) is 0 Å². The molecule has 0 aromatic heterocycles. The molecule has 5 heteroatoms. The van der Waals surface area contributed by atoms with Gasteiger partial charge in [-0.3, -0.25) is 9.69 Å². The second-order valence-corrected chi connectivity index (χ2v) is 6.69. The van der Waals surface area contributed by atoms with Gasteiger partial charge in [-0.15, -0.1) is 0 Å². The molecule has 3 rings (SSSR count). The van der Waals surface area contributed by atoms with Crippen LogP contribution in [0.1, 0.15) is 11.1 Å². The second-order valence-electron chi connectivity index (χ2n) is 6.69. The zero-order valence-electron chi connectivity index (χ0n) is 15.0. The monoisotopic (exact) mass is 354 g/mol. The van der Waals surface area contributed by atoms with Gasteiger partial charge in [-0.1, -0.05) is 60.7 Å². The quantitative estimate of drug-likeness (QED) is 0.861. The van der Waals surface area contributed by atoms with Crippen LogP contribution in [0, 0.1) is 0 Å². The smallest absolute Gasteiger partial charge is 0.248 e. The zero-order chi connectivity index (χ0) is 18.2. The van der Waals surface area contributed by atoms with Crippen molar-refractivity contribution < 1.29 is 14.6 Å². The number of hydrogen-bond acceptors (Lipinski definition) is 4. The van der Waals surface area contributed by atoms with Gasteiger partial charge in [0.05, 0.1) is 12.7 Å². The maximum Gasteiger partial charge on any atom is 0.248 e. The lowest BCUT2D eigenvalue weighted by Gasteiger charge is -2.22. The van der Waals surface area contributed by atoms with Crippen molar-refractivity contribution in [2.45, 2.75) is 19.3 Å². The molecule has 1 saturated heterocycles. The number of carbonyl (C=O) groups excluding carboxylic acids is 1. The van der Waals surface area contributed by atoms with Crippen molar-refractivity contribution in [2.75, 3.05) is 32.8 Å². The summed E-state index contributed by atoms with van der Waals surface area (Å²) in [5.41, 5.74) is 2.26. The Bertz CT molecular complexity index is 678. The Morgan fingerprint density at radius 1 is 0.962 bits per heavy atom. The molecule has 2 aromatic rings. The molecule has 138 valence electrons. The molecule has 0 unspecified atom stereocenters. The van der Waals surface area contributed by atoms with E-state index < -0.39 is 6.10 Å². The Hall–Kier alpha value is -2.21. The van der Waals surface area contributed by atoms with Crippen LogP contribution in [0.3, 0.4) is 0 Å². The maximum atomic E-state index is 12.4. The maximum absolute atomic E-state index is 12.4. The summed E-state index contributed by atoms with van der Waals surface area (Å²) < 4.78 is 5.55. The summed E-state index contributed by atoms with van der Waals surface area (Å²) in [5, 5.41) is 10.3. The molecule has 1 N–H and O–H groups in total. The number of rotatable bonds is 6. The summed E-state index contributed by atoms with van der Waals surface area (Å²) in [7, 11) is 0. The fraction of sp³-hybridized carbons (Fsp3) is 0.381. The molecular weight excluding hydrogens is 328 g/mol. The van der Waals surface area contributed by atoms with E-state index >= 15 is 0 Å². The largest absolute Gasteiger partial charge is 0.390 e. The van der Waals surface area contributed by atoms with E-state index in [1.807, 2.05) is 48.5 Å². The molecule has 1 aliphatic rings. The molecule has 0 aliphatic carbocycles. The van der Waals surface area contributed by atoms with E-state index in [4.69, 9.17) is 4.74 Å². The van der Waals surface area contributed by atoms with Crippen molar-refractivity contribution in [2.24, 2.45) is 0 Å². The number of benzene rings is 2. The third-order valence-corrected chi connectivity index (χ3v) is 4.53. The molecular formula is C21H26N2O3. The first kappa shape index (κ1) is 18.6. The van der Waals surface area contributed by atoms with Gasteiger partial charge in [0.1, 0.15) is 6.61 Å². The SMILES string of the molecule is O=C(COCc1ccccc1)N1CCN(Cc2ccccc2)C[C@@H](O)C1. The van der Waals surface area contributed by atoms with Crippen LogP contribution < -0.4 is 0 Å². The topological polar surface area (TPSA) is 53.0 Å². The summed E-state index contributed by atoms with van der Waals surface area (Å²) in [6, 6.07) is 20.0. The van der Waals surface area contributed by atoms with Crippen LogP contribution in [0.15, 0.2) is 60.7 Å². The molecule has 26 heavy (non-hydrogen) atoms. The van der Waals surface area contributed by atoms with Gasteiger partial charge in [0, 0.05) is 32.7 Å². The molecule has 0 bridgehead atoms. The first-order valence-corrected chi connectivity index (χ1v) is 9.04. The van der Waals surface area contributed by atoms with E-state index in [9.17, 15) is 9.90 Å². The zero-order valence-corrected chi connectivity index (χ0v) is 15.0. The standard InChI is InChI=1S/C21H26N2O3/c24-20-14-22(13-18-7-3-1-4-8-18)11-12-23(15-20)21(25)17-26-16-19-9-5-2-6-10-19/h1-10,20,24H,11-17H2/t20-/m1/s1. The lowest BCUT2D eigenvalue weighted by molar-refractivity contribution is -0.137. The molecule has 5 nitrogen and oxygen atoms in total. The Morgan fingerprint density at radius 3 is 2.31 bits per heavy atom. The molecule has 1 aliphatic heterocycles. The van der Waals surface area contributed by atoms with Gasteiger partial charge in [0.25, 0.3) is 0 Å². The van der Waals surface area contributed by atoms with Crippen molar-refractivity contribution in [1.29, 1.82) is 0 Å². The summed E-state index contributed by atoms with van der Waals surface area (Å²) in [6.07, 6.45) is -0.542. The van der Waals surface area contributed by atoms with Crippen LogP contribution in [-0.4, -0.2) is 59.7 Å². The number of aliphatic hydroxyl groups is 1. The molecule has 1 heterocycles. The van der Waals surface area contributed by atoms with Gasteiger partial charge in [-0.05, 0) is 11.1 Å². The van der Waals surface area contributed by atoms with Gasteiger partial charge < -0.3 is 14.7 Å². The third-order valence-electron chi connectivity index (χ3n) is 4.53. The lowest BCUT2D eigenvalue weighted by Crippen LogP contribution is -2.39. The molecule has 1 atom stereocenters. The Kier molecular flexibility index (Phi) is 6.77. The minimum atomic E-state index is -0.542. The predicted molar refractivity (Wildman–Crippen MR) is 100 cm³/mol. The Labute approximate surface area is 154 Å². The summed E-state index contributed by atoms with van der Waals surface area (Å²) in [6.45, 7) is 3.53. The number of amides is 1. The highest BCUT2D eigenvalue weighted by molar-refractivity contribution is 5.77. The second kappa shape index (κ2) is 9.48. The van der Waals surface area contributed by atoms with Crippen LogP contribution in [0.5, 0.6) is 0 Å². The fourth-order valence-corrected chi connectivity index (χ4v) is 3.19. The average molecular weight is 354 g/mol. The number of carbonyl (C=O) groups is 1. The molecule has 1 amide bonds. The fourth-order valence-electron chi connectivity index (χ4n) is 3.19. The van der Waals surface area contributed by atoms with E-state index in [0.29, 0.717) is 26.2 Å². The first-order chi connectivity index (χ1) is 12.7. The normalized spacial score (nSPS) is 18.5. The van der Waals surface area contributed by atoms with E-state index in [-0.39, 0.29) is 12.5 Å². The van der Waals surface area contributed by atoms with Crippen molar-refractivity contribution in [1.82, 2.24) is 9.80 Å². The molecule has 0 saturated carbocycles. The van der Waals surface area contributed by atoms with Crippen LogP contribution in [0.25, 0.3) is 0 Å². The van der Waals surface area contributed by atoms with Crippen molar-refractivity contribution in [3.05, 3.63) is 71.8 Å². The Morgan fingerprint density at radius 2 is 1.62 bits per heavy atom. The Balaban J connectivity index is 1.47. The van der Waals surface area contributed by atoms with Crippen LogP contribution in [-0.2, 0) is 22.7 Å². The van der Waals surface area contributed by atoms with Gasteiger partial charge in [-0.2, -0.15) is 0 Å². The van der Waals surface area contributed by atoms with E-state index in [1.54, 1.807) is 4.90 Å². The molecule has 1 fully saturated rings. The van der Waals surface area contributed by atoms with E-state index in [2.05, 4.69) is 17.0 Å². The van der Waals surface area contributed by atoms with E-state index in [0.717, 1.165) is 18.7 Å². The van der Waals surface area contributed by atoms with Crippen molar-refractivity contribution in [3.63, 3.8) is 0 Å². The van der Waals surface area contributed by atoms with Gasteiger partial charge >= 0.3 is 0 Å². The summed E-state index contributed by atoms with van der Waals surface area (Å²) in [4.78, 5) is 16.3. The van der Waals surface area contributed by atoms with Gasteiger partial charge in [0.2, 0.25) is 5.91 Å². The molecule has 2 aromatic carbocycles. The van der Waals surface area contributed by atoms with Crippen LogP contribution >= 0.6 is 0 Å². The lowest BCUT2D eigenvalue weighted by atomic mass is 10.2. The number of β-amino-alcohol motifs (C(OH)–C–C–N with tert-alkyl or cyclic N) is 1. The summed E-state index contributed by atoms with van der Waals surface area (Å²) >= 11 is 0. The van der Waals surface area contributed by atoms with Crippen molar-refractivity contribution >= 4 is 5.91 Å². The van der Waals surface area contributed by atoms with Gasteiger partial charge in [0.15, 0.2) is 0 Å². The highest BCUT2D eigenvalue weighted by atomic mass is 16.5. The molecule has 0 radical (unpaired) electrons. The number of ether oxygens (including phenoxy) is 1. The third kappa shape index (κ3) is 5.66. The highest BCUT2D eigenvalue weighted by Crippen LogP contribution is 2.10. The first-order valence-electron chi connectivity index (χ1n) is 9.04. The minimum absolute atomic E-state index is 0.0420. The minimum Gasteiger partial charge on any atom is -0.390 e. The number of nitrogens with zero attached hydrogens (tertiary/aromatic N) is 2. The van der Waals surface area contributed by atoms with Gasteiger partial charge in [-0.25, -0.2) is 0 Å². The summed E-state index contributed by atoms with van der Waals surface area (Å²) in [5.74, 6) is -0.0680. The average Bonchev–Trinajstić information content (AvgIpc) is 2.84. The molecule has 0 spiro atoms. The number of aliphatic hydroxyl groups excluding tert-OH is 1.